The molecule has 2 aromatic carbocycles. The fourth-order valence-corrected chi connectivity index (χ4v) is 5.98. The van der Waals surface area contributed by atoms with E-state index < -0.39 is 12.0 Å². The number of hydrogen-bond donors (Lipinski definition) is 0. The number of amides is 1. The van der Waals surface area contributed by atoms with Crippen molar-refractivity contribution in [2.75, 3.05) is 33.9 Å². The lowest BCUT2D eigenvalue weighted by molar-refractivity contribution is -0.139. The van der Waals surface area contributed by atoms with Crippen molar-refractivity contribution in [3.05, 3.63) is 76.3 Å². The Bertz CT molecular complexity index is 1310. The van der Waals surface area contributed by atoms with Crippen LogP contribution in [0.3, 0.4) is 0 Å². The zero-order chi connectivity index (χ0) is 26.6. The zero-order valence-electron chi connectivity index (χ0n) is 21.8. The zero-order valence-corrected chi connectivity index (χ0v) is 22.6. The van der Waals surface area contributed by atoms with Crippen LogP contribution < -0.4 is 9.47 Å². The van der Waals surface area contributed by atoms with Gasteiger partial charge in [0.15, 0.2) is 5.17 Å². The number of methoxy groups -OCH3 is 2. The molecule has 198 valence electrons. The minimum atomic E-state index is -0.620. The van der Waals surface area contributed by atoms with Gasteiger partial charge < -0.3 is 24.0 Å². The van der Waals surface area contributed by atoms with Crippen LogP contribution in [0.1, 0.15) is 43.4 Å². The molecule has 1 fully saturated rings. The Kier molecular flexibility index (Phi) is 7.74. The average molecular weight is 534 g/mol. The molecule has 0 radical (unpaired) electrons. The van der Waals surface area contributed by atoms with Crippen LogP contribution in [0.25, 0.3) is 5.70 Å². The summed E-state index contributed by atoms with van der Waals surface area (Å²) in [6, 6.07) is 14.5. The molecule has 0 aromatic heterocycles. The number of ether oxygens (including phenoxy) is 3. The average Bonchev–Trinajstić information content (AvgIpc) is 3.63. The van der Waals surface area contributed by atoms with Crippen molar-refractivity contribution in [2.45, 2.75) is 32.2 Å². The van der Waals surface area contributed by atoms with Crippen LogP contribution >= 0.6 is 11.8 Å². The van der Waals surface area contributed by atoms with Gasteiger partial charge in [-0.15, -0.1) is 0 Å². The summed E-state index contributed by atoms with van der Waals surface area (Å²) in [7, 11) is 3.19. The van der Waals surface area contributed by atoms with E-state index >= 15 is 0 Å². The summed E-state index contributed by atoms with van der Waals surface area (Å²) in [5.41, 5.74) is 3.29. The summed E-state index contributed by atoms with van der Waals surface area (Å²) < 4.78 is 16.8. The van der Waals surface area contributed by atoms with Gasteiger partial charge in [0.05, 0.1) is 44.6 Å². The van der Waals surface area contributed by atoms with E-state index in [-0.39, 0.29) is 18.9 Å². The number of benzene rings is 2. The van der Waals surface area contributed by atoms with Crippen LogP contribution in [0.4, 0.5) is 0 Å². The van der Waals surface area contributed by atoms with E-state index in [0.717, 1.165) is 42.8 Å². The van der Waals surface area contributed by atoms with E-state index in [9.17, 15) is 9.59 Å². The number of fused-ring (bicyclic) bond motifs is 1. The topological polar surface area (TPSA) is 80.7 Å². The van der Waals surface area contributed by atoms with Crippen molar-refractivity contribution in [2.24, 2.45) is 4.99 Å². The van der Waals surface area contributed by atoms with Crippen molar-refractivity contribution in [1.29, 1.82) is 0 Å². The molecule has 2 aromatic rings. The van der Waals surface area contributed by atoms with E-state index in [1.807, 2.05) is 57.7 Å². The number of aliphatic imine (C=N–C) groups is 1. The van der Waals surface area contributed by atoms with Crippen molar-refractivity contribution in [1.82, 2.24) is 9.80 Å². The summed E-state index contributed by atoms with van der Waals surface area (Å²) in [5.74, 6) is 0.814. The van der Waals surface area contributed by atoms with Gasteiger partial charge in [0.25, 0.3) is 0 Å². The summed E-state index contributed by atoms with van der Waals surface area (Å²) in [6.45, 7) is 3.56. The molecule has 0 aliphatic carbocycles. The highest BCUT2D eigenvalue weighted by Crippen LogP contribution is 2.49. The molecule has 3 aliphatic heterocycles. The van der Waals surface area contributed by atoms with Crippen molar-refractivity contribution >= 4 is 34.5 Å². The Balaban J connectivity index is 1.67. The monoisotopic (exact) mass is 533 g/mol. The highest BCUT2D eigenvalue weighted by Gasteiger charge is 2.43. The molecule has 9 heteroatoms. The lowest BCUT2D eigenvalue weighted by Crippen LogP contribution is -2.38. The molecule has 0 bridgehead atoms. The quantitative estimate of drug-likeness (QED) is 0.442. The first-order valence-electron chi connectivity index (χ1n) is 12.8. The molecule has 5 rings (SSSR count). The molecule has 0 N–H and O–H groups in total. The van der Waals surface area contributed by atoms with Crippen LogP contribution in [-0.4, -0.2) is 60.8 Å². The number of rotatable bonds is 8. The molecule has 38 heavy (non-hydrogen) atoms. The third-order valence-electron chi connectivity index (χ3n) is 6.88. The number of nitrogens with zero attached hydrogens (tertiary/aromatic N) is 3. The first-order chi connectivity index (χ1) is 18.5. The molecule has 0 unspecified atom stereocenters. The number of carbonyl (C=O) groups is 2. The maximum Gasteiger partial charge on any atom is 0.338 e. The smallest absolute Gasteiger partial charge is 0.338 e. The minimum absolute atomic E-state index is 0.0755. The van der Waals surface area contributed by atoms with Gasteiger partial charge in [-0.1, -0.05) is 42.1 Å². The molecular weight excluding hydrogens is 502 g/mol. The van der Waals surface area contributed by atoms with Crippen LogP contribution in [0, 0.1) is 0 Å². The summed E-state index contributed by atoms with van der Waals surface area (Å²) in [6.07, 6.45) is 2.27. The first-order valence-corrected chi connectivity index (χ1v) is 13.6. The van der Waals surface area contributed by atoms with Crippen LogP contribution in [0.15, 0.2) is 70.2 Å². The maximum atomic E-state index is 13.7. The van der Waals surface area contributed by atoms with E-state index in [1.54, 1.807) is 27.2 Å². The predicted octanol–water partition coefficient (Wildman–Crippen LogP) is 4.99. The summed E-state index contributed by atoms with van der Waals surface area (Å²) in [4.78, 5) is 35.7. The van der Waals surface area contributed by atoms with Crippen molar-refractivity contribution in [3.63, 3.8) is 0 Å². The van der Waals surface area contributed by atoms with Crippen molar-refractivity contribution < 1.29 is 23.8 Å². The van der Waals surface area contributed by atoms with E-state index in [4.69, 9.17) is 19.2 Å². The second-order valence-electron chi connectivity index (χ2n) is 9.12. The molecule has 3 heterocycles. The van der Waals surface area contributed by atoms with E-state index in [1.165, 1.54) is 11.8 Å². The molecular formula is C29H31N3O5S. The first kappa shape index (κ1) is 25.9. The second-order valence-corrected chi connectivity index (χ2v) is 9.95. The molecule has 0 spiro atoms. The molecule has 1 amide bonds. The maximum absolute atomic E-state index is 13.7. The Labute approximate surface area is 226 Å². The Morgan fingerprint density at radius 3 is 2.50 bits per heavy atom. The van der Waals surface area contributed by atoms with Gasteiger partial charge in [-0.25, -0.2) is 9.79 Å². The number of thioether (sulfide) groups is 1. The highest BCUT2D eigenvalue weighted by molar-refractivity contribution is 8.16. The number of amidine groups is 1. The van der Waals surface area contributed by atoms with Gasteiger partial charge in [-0.3, -0.25) is 4.79 Å². The van der Waals surface area contributed by atoms with Gasteiger partial charge >= 0.3 is 5.97 Å². The highest BCUT2D eigenvalue weighted by atomic mass is 32.2. The lowest BCUT2D eigenvalue weighted by atomic mass is 9.90. The van der Waals surface area contributed by atoms with Crippen LogP contribution in [-0.2, 0) is 14.3 Å². The third-order valence-corrected chi connectivity index (χ3v) is 7.77. The predicted molar refractivity (Wildman–Crippen MR) is 148 cm³/mol. The second kappa shape index (κ2) is 11.3. The van der Waals surface area contributed by atoms with Crippen LogP contribution in [0.2, 0.25) is 0 Å². The lowest BCUT2D eigenvalue weighted by Gasteiger charge is -2.37. The Morgan fingerprint density at radius 1 is 1.05 bits per heavy atom. The van der Waals surface area contributed by atoms with Gasteiger partial charge in [0, 0.05) is 36.0 Å². The molecule has 1 atom stereocenters. The number of likely N-dealkylation sites (tertiary alicyclic amines) is 1. The third kappa shape index (κ3) is 4.90. The Hall–Kier alpha value is -3.72. The fourth-order valence-electron chi connectivity index (χ4n) is 5.06. The number of hydrogen-bond acceptors (Lipinski definition) is 8. The molecule has 1 saturated heterocycles. The van der Waals surface area contributed by atoms with Gasteiger partial charge in [-0.2, -0.15) is 0 Å². The Morgan fingerprint density at radius 2 is 1.82 bits per heavy atom. The van der Waals surface area contributed by atoms with Crippen LogP contribution in [0.5, 0.6) is 11.5 Å². The normalized spacial score (nSPS) is 18.7. The molecule has 8 nitrogen and oxygen atoms in total. The van der Waals surface area contributed by atoms with Crippen molar-refractivity contribution in [3.8, 4) is 11.5 Å². The van der Waals surface area contributed by atoms with E-state index in [2.05, 4.69) is 0 Å². The molecule has 0 saturated carbocycles. The van der Waals surface area contributed by atoms with Gasteiger partial charge in [0.1, 0.15) is 11.5 Å². The summed E-state index contributed by atoms with van der Waals surface area (Å²) >= 11 is 1.46. The largest absolute Gasteiger partial charge is 0.497 e. The van der Waals surface area contributed by atoms with Gasteiger partial charge in [0.2, 0.25) is 5.91 Å². The number of esters is 1. The fraction of sp³-hybridized carbons (Fsp3) is 0.345. The van der Waals surface area contributed by atoms with E-state index in [0.29, 0.717) is 27.9 Å². The SMILES string of the molecule is CCOC(=O)C1=C(c2ccccc2)N=C2SC=C(CC(=O)N3CCCC3)N2[C@@H]1c1ccc(OC)cc1OC. The standard InChI is InChI=1S/C29H31N3O5S/c1-4-37-28(34)25-26(19-10-6-5-7-11-19)30-29-32(20(18-38-29)16-24(33)31-14-8-9-15-31)27(25)22-13-12-21(35-2)17-23(22)36-3/h5-7,10-13,17-18,27H,4,8-9,14-16H2,1-3H3/t27-/m1/s1. The minimum Gasteiger partial charge on any atom is -0.497 e. The number of carbonyl (C=O) groups excluding carboxylic acids is 2. The molecule has 3 aliphatic rings. The summed E-state index contributed by atoms with van der Waals surface area (Å²) in [5, 5.41) is 2.66. The van der Waals surface area contributed by atoms with Gasteiger partial charge in [-0.05, 0) is 37.3 Å².